The quantitative estimate of drug-likeness (QED) is 0.244. The van der Waals surface area contributed by atoms with Gasteiger partial charge < -0.3 is 13.9 Å². The van der Waals surface area contributed by atoms with Crippen molar-refractivity contribution < 1.29 is 36.8 Å². The minimum Gasteiger partial charge on any atom is -0.497 e. The zero-order chi connectivity index (χ0) is 26.7. The fraction of sp³-hybridized carbons (Fsp3) is 0.208. The highest BCUT2D eigenvalue weighted by molar-refractivity contribution is 7.90. The Labute approximate surface area is 211 Å². The Hall–Kier alpha value is -4.52. The first kappa shape index (κ1) is 25.6. The minimum atomic E-state index is -3.90. The fourth-order valence-corrected chi connectivity index (χ4v) is 4.61. The Bertz CT molecular complexity index is 1480. The Morgan fingerprint density at radius 1 is 1.19 bits per heavy atom. The van der Waals surface area contributed by atoms with E-state index in [0.717, 1.165) is 30.0 Å². The molecule has 1 atom stereocenters. The van der Waals surface area contributed by atoms with Gasteiger partial charge in [0.1, 0.15) is 22.4 Å². The predicted molar refractivity (Wildman–Crippen MR) is 129 cm³/mol. The lowest BCUT2D eigenvalue weighted by Crippen LogP contribution is -2.31. The molecule has 0 bridgehead atoms. The summed E-state index contributed by atoms with van der Waals surface area (Å²) in [6.45, 7) is -0.711. The number of rotatable bonds is 8. The number of nitro groups is 1. The fourth-order valence-electron chi connectivity index (χ4n) is 3.78. The molecule has 1 aromatic heterocycles. The predicted octanol–water partition coefficient (Wildman–Crippen LogP) is 3.13. The Kier molecular flexibility index (Phi) is 7.07. The van der Waals surface area contributed by atoms with Gasteiger partial charge in [-0.2, -0.15) is 5.10 Å². The second-order valence-corrected chi connectivity index (χ2v) is 10.0. The molecule has 1 aliphatic rings. The van der Waals surface area contributed by atoms with Gasteiger partial charge in [-0.15, -0.1) is 0 Å². The summed E-state index contributed by atoms with van der Waals surface area (Å²) < 4.78 is 39.3. The molecule has 0 saturated heterocycles. The molecule has 0 fully saturated rings. The number of carbonyl (C=O) groups excluding carboxylic acids is 2. The van der Waals surface area contributed by atoms with Crippen LogP contribution in [-0.4, -0.2) is 55.9 Å². The van der Waals surface area contributed by atoms with Crippen molar-refractivity contribution in [3.05, 3.63) is 87.9 Å². The number of methoxy groups -OCH3 is 1. The molecule has 0 saturated carbocycles. The number of nitro benzene ring substituents is 1. The lowest BCUT2D eigenvalue weighted by molar-refractivity contribution is -0.387. The number of hydrazone groups is 1. The molecule has 2 heterocycles. The summed E-state index contributed by atoms with van der Waals surface area (Å²) in [5.74, 6) is -0.543. The molecule has 0 radical (unpaired) electrons. The average Bonchev–Trinajstić information content (AvgIpc) is 3.56. The van der Waals surface area contributed by atoms with Crippen LogP contribution in [0.3, 0.4) is 0 Å². The molecule has 0 aliphatic carbocycles. The summed E-state index contributed by atoms with van der Waals surface area (Å²) in [5.41, 5.74) is 0.325. The van der Waals surface area contributed by atoms with E-state index in [9.17, 15) is 28.1 Å². The number of hydrogen-bond donors (Lipinski definition) is 0. The summed E-state index contributed by atoms with van der Waals surface area (Å²) in [7, 11) is -2.35. The van der Waals surface area contributed by atoms with Gasteiger partial charge in [-0.3, -0.25) is 14.9 Å². The van der Waals surface area contributed by atoms with Crippen LogP contribution in [-0.2, 0) is 19.4 Å². The molecule has 13 heteroatoms. The first-order valence-corrected chi connectivity index (χ1v) is 12.7. The second kappa shape index (κ2) is 10.2. The van der Waals surface area contributed by atoms with Crippen LogP contribution >= 0.6 is 0 Å². The van der Waals surface area contributed by atoms with Crippen molar-refractivity contribution in [3.63, 3.8) is 0 Å². The lowest BCUT2D eigenvalue weighted by atomic mass is 10.0. The van der Waals surface area contributed by atoms with E-state index in [1.165, 1.54) is 11.3 Å². The van der Waals surface area contributed by atoms with Gasteiger partial charge in [0.15, 0.2) is 16.4 Å². The van der Waals surface area contributed by atoms with Crippen LogP contribution < -0.4 is 4.74 Å². The highest BCUT2D eigenvalue weighted by Crippen LogP contribution is 2.33. The maximum absolute atomic E-state index is 13.0. The molecule has 37 heavy (non-hydrogen) atoms. The van der Waals surface area contributed by atoms with Crippen molar-refractivity contribution in [3.8, 4) is 5.75 Å². The largest absolute Gasteiger partial charge is 0.497 e. The zero-order valence-electron chi connectivity index (χ0n) is 19.7. The zero-order valence-corrected chi connectivity index (χ0v) is 20.5. The van der Waals surface area contributed by atoms with Crippen molar-refractivity contribution in [2.45, 2.75) is 17.4 Å². The number of nitrogens with zero attached hydrogens (tertiary/aromatic N) is 3. The van der Waals surface area contributed by atoms with E-state index in [0.29, 0.717) is 23.6 Å². The number of sulfone groups is 1. The Morgan fingerprint density at radius 2 is 1.92 bits per heavy atom. The van der Waals surface area contributed by atoms with Crippen molar-refractivity contribution in [1.29, 1.82) is 0 Å². The van der Waals surface area contributed by atoms with Crippen LogP contribution in [0.1, 0.15) is 34.1 Å². The maximum Gasteiger partial charge on any atom is 0.338 e. The van der Waals surface area contributed by atoms with Gasteiger partial charge in [-0.1, -0.05) is 0 Å². The maximum atomic E-state index is 13.0. The highest BCUT2D eigenvalue weighted by atomic mass is 32.2. The third kappa shape index (κ3) is 5.51. The van der Waals surface area contributed by atoms with Crippen molar-refractivity contribution in [2.24, 2.45) is 5.10 Å². The third-order valence-electron chi connectivity index (χ3n) is 5.58. The first-order chi connectivity index (χ1) is 17.6. The monoisotopic (exact) mass is 527 g/mol. The van der Waals surface area contributed by atoms with Gasteiger partial charge in [-0.25, -0.2) is 18.2 Å². The summed E-state index contributed by atoms with van der Waals surface area (Å²) >= 11 is 0. The van der Waals surface area contributed by atoms with E-state index in [1.54, 1.807) is 43.5 Å². The lowest BCUT2D eigenvalue weighted by Gasteiger charge is -2.19. The second-order valence-electron chi connectivity index (χ2n) is 8.04. The molecular formula is C24H21N3O9S. The molecule has 2 aromatic carbocycles. The van der Waals surface area contributed by atoms with E-state index in [-0.39, 0.29) is 5.56 Å². The average molecular weight is 528 g/mol. The van der Waals surface area contributed by atoms with Crippen molar-refractivity contribution in [1.82, 2.24) is 5.01 Å². The highest BCUT2D eigenvalue weighted by Gasteiger charge is 2.35. The normalized spacial score (nSPS) is 15.2. The van der Waals surface area contributed by atoms with Crippen LogP contribution in [0, 0.1) is 10.1 Å². The smallest absolute Gasteiger partial charge is 0.338 e. The molecule has 0 spiro atoms. The molecule has 12 nitrogen and oxygen atoms in total. The van der Waals surface area contributed by atoms with Gasteiger partial charge >= 0.3 is 5.97 Å². The summed E-state index contributed by atoms with van der Waals surface area (Å²) in [6.07, 6.45) is 2.63. The molecule has 4 rings (SSSR count). The van der Waals surface area contributed by atoms with Crippen LogP contribution in [0.2, 0.25) is 0 Å². The molecule has 0 unspecified atom stereocenters. The van der Waals surface area contributed by atoms with Crippen molar-refractivity contribution >= 4 is 33.1 Å². The summed E-state index contributed by atoms with van der Waals surface area (Å²) in [6, 6.07) is 12.8. The Morgan fingerprint density at radius 3 is 2.51 bits per heavy atom. The van der Waals surface area contributed by atoms with E-state index in [2.05, 4.69) is 5.10 Å². The number of ether oxygens (including phenoxy) is 2. The standard InChI is InChI=1S/C24H21N3O9S/c1-34-17-8-5-15(6-9-17)18-13-19(21-4-3-11-35-21)26(25-18)23(28)14-36-24(29)16-7-10-22(37(2,32)33)20(12-16)27(30)31/h3-12,19H,13-14H2,1-2H3/t19-/m0/s1. The minimum absolute atomic E-state index is 0.279. The van der Waals surface area contributed by atoms with Crippen LogP contribution in [0.15, 0.2) is 75.3 Å². The van der Waals surface area contributed by atoms with E-state index < -0.39 is 49.9 Å². The number of hydrogen-bond acceptors (Lipinski definition) is 10. The SMILES string of the molecule is COc1ccc(C2=NN(C(=O)COC(=O)c3ccc(S(C)(=O)=O)c([N+](=O)[O-])c3)[C@H](c3ccco3)C2)cc1. The van der Waals surface area contributed by atoms with Gasteiger partial charge in [-0.05, 0) is 54.1 Å². The van der Waals surface area contributed by atoms with E-state index in [1.807, 2.05) is 0 Å². The van der Waals surface area contributed by atoms with Crippen molar-refractivity contribution in [2.75, 3.05) is 20.0 Å². The third-order valence-corrected chi connectivity index (χ3v) is 6.72. The number of amides is 1. The molecule has 192 valence electrons. The number of carbonyl (C=O) groups is 2. The van der Waals surface area contributed by atoms with Gasteiger partial charge in [0.25, 0.3) is 11.6 Å². The summed E-state index contributed by atoms with van der Waals surface area (Å²) in [5, 5.41) is 16.9. The van der Waals surface area contributed by atoms with E-state index in [4.69, 9.17) is 13.9 Å². The Balaban J connectivity index is 1.53. The topological polar surface area (TPSA) is 159 Å². The van der Waals surface area contributed by atoms with Gasteiger partial charge in [0, 0.05) is 18.7 Å². The van der Waals surface area contributed by atoms with Crippen LogP contribution in [0.4, 0.5) is 5.69 Å². The number of esters is 1. The van der Waals surface area contributed by atoms with Crippen LogP contribution in [0.5, 0.6) is 5.75 Å². The molecule has 1 amide bonds. The molecule has 0 N–H and O–H groups in total. The van der Waals surface area contributed by atoms with Gasteiger partial charge in [0.2, 0.25) is 0 Å². The molecule has 1 aliphatic heterocycles. The van der Waals surface area contributed by atoms with Gasteiger partial charge in [0.05, 0.1) is 29.6 Å². The number of benzene rings is 2. The summed E-state index contributed by atoms with van der Waals surface area (Å²) in [4.78, 5) is 35.4. The molecular weight excluding hydrogens is 506 g/mol. The molecule has 3 aromatic rings. The van der Waals surface area contributed by atoms with Crippen LogP contribution in [0.25, 0.3) is 0 Å². The first-order valence-electron chi connectivity index (χ1n) is 10.8. The number of furan rings is 1. The van der Waals surface area contributed by atoms with E-state index >= 15 is 0 Å².